The molecule has 108 valence electrons. The minimum atomic E-state index is -4.72. The van der Waals surface area contributed by atoms with Crippen LogP contribution < -0.4 is 0 Å². The van der Waals surface area contributed by atoms with Crippen LogP contribution in [0.25, 0.3) is 5.82 Å². The molecule has 0 bridgehead atoms. The molecule has 0 spiro atoms. The molecule has 0 fully saturated rings. The normalized spacial score (nSPS) is 12.8. The molecule has 0 atom stereocenters. The van der Waals surface area contributed by atoms with E-state index in [0.717, 1.165) is 12.3 Å². The highest BCUT2D eigenvalue weighted by Gasteiger charge is 2.38. The van der Waals surface area contributed by atoms with E-state index in [9.17, 15) is 26.3 Å². The molecule has 0 saturated carbocycles. The molecule has 10 heteroatoms. The van der Waals surface area contributed by atoms with E-state index in [1.807, 2.05) is 0 Å². The summed E-state index contributed by atoms with van der Waals surface area (Å²) < 4.78 is 75.5. The highest BCUT2D eigenvalue weighted by molar-refractivity contribution is 9.10. The molecule has 0 saturated heterocycles. The van der Waals surface area contributed by atoms with Crippen molar-refractivity contribution in [1.82, 2.24) is 14.8 Å². The molecule has 2 heterocycles. The average Bonchev–Trinajstić information content (AvgIpc) is 2.70. The van der Waals surface area contributed by atoms with Crippen molar-refractivity contribution < 1.29 is 26.3 Å². The predicted molar refractivity (Wildman–Crippen MR) is 59.1 cm³/mol. The number of halogens is 7. The zero-order valence-electron chi connectivity index (χ0n) is 9.30. The van der Waals surface area contributed by atoms with Crippen molar-refractivity contribution >= 4 is 15.9 Å². The van der Waals surface area contributed by atoms with E-state index in [2.05, 4.69) is 26.0 Å². The summed E-state index contributed by atoms with van der Waals surface area (Å²) in [4.78, 5) is 3.36. The molecular formula is C10H4BrF6N3. The lowest BCUT2D eigenvalue weighted by Crippen LogP contribution is -2.15. The Bertz CT molecular complexity index is 613. The topological polar surface area (TPSA) is 30.7 Å². The Morgan fingerprint density at radius 1 is 0.950 bits per heavy atom. The second-order valence-electron chi connectivity index (χ2n) is 3.65. The molecule has 0 unspecified atom stereocenters. The zero-order chi connectivity index (χ0) is 15.1. The van der Waals surface area contributed by atoms with E-state index in [1.54, 1.807) is 0 Å². The lowest BCUT2D eigenvalue weighted by molar-refractivity contribution is -0.143. The molecule has 2 rings (SSSR count). The van der Waals surface area contributed by atoms with Gasteiger partial charge in [0.25, 0.3) is 0 Å². The summed E-state index contributed by atoms with van der Waals surface area (Å²) in [6, 6.07) is 1.45. The average molecular weight is 360 g/mol. The Kier molecular flexibility index (Phi) is 3.53. The molecule has 20 heavy (non-hydrogen) atoms. The maximum Gasteiger partial charge on any atom is 0.434 e. The third-order valence-corrected chi connectivity index (χ3v) is 2.87. The summed E-state index contributed by atoms with van der Waals surface area (Å²) in [5.41, 5.74) is -2.20. The maximum absolute atomic E-state index is 12.8. The molecule has 0 radical (unpaired) electrons. The molecule has 2 aromatic rings. The number of hydrogen-bond acceptors (Lipinski definition) is 2. The molecule has 2 aromatic heterocycles. The van der Waals surface area contributed by atoms with Gasteiger partial charge in [-0.15, -0.1) is 0 Å². The van der Waals surface area contributed by atoms with E-state index >= 15 is 0 Å². The summed E-state index contributed by atoms with van der Waals surface area (Å²) in [5.74, 6) is -0.365. The summed E-state index contributed by atoms with van der Waals surface area (Å²) in [6.45, 7) is 0. The number of aromatic nitrogens is 3. The van der Waals surface area contributed by atoms with Crippen LogP contribution in [0, 0.1) is 0 Å². The van der Waals surface area contributed by atoms with Crippen LogP contribution in [0.2, 0.25) is 0 Å². The van der Waals surface area contributed by atoms with Crippen molar-refractivity contribution in [2.24, 2.45) is 0 Å². The first-order valence-corrected chi connectivity index (χ1v) is 5.74. The van der Waals surface area contributed by atoms with E-state index < -0.39 is 23.6 Å². The van der Waals surface area contributed by atoms with Crippen molar-refractivity contribution in [1.29, 1.82) is 0 Å². The number of nitrogens with zero attached hydrogens (tertiary/aromatic N) is 3. The van der Waals surface area contributed by atoms with Gasteiger partial charge in [-0.1, -0.05) is 0 Å². The van der Waals surface area contributed by atoms with Gasteiger partial charge >= 0.3 is 12.4 Å². The Labute approximate surface area is 116 Å². The SMILES string of the molecule is FC(F)(F)c1ccc(-n2ncc(Br)c2C(F)(F)F)nc1. The van der Waals surface area contributed by atoms with Gasteiger partial charge < -0.3 is 0 Å². The Balaban J connectivity index is 2.48. The van der Waals surface area contributed by atoms with Gasteiger partial charge in [0.1, 0.15) is 0 Å². The number of alkyl halides is 6. The Morgan fingerprint density at radius 3 is 2.05 bits per heavy atom. The van der Waals surface area contributed by atoms with Crippen molar-refractivity contribution in [3.05, 3.63) is 40.3 Å². The lowest BCUT2D eigenvalue weighted by atomic mass is 10.3. The van der Waals surface area contributed by atoms with E-state index in [4.69, 9.17) is 0 Å². The van der Waals surface area contributed by atoms with Gasteiger partial charge in [-0.2, -0.15) is 31.4 Å². The fraction of sp³-hybridized carbons (Fsp3) is 0.200. The molecule has 0 amide bonds. The summed E-state index contributed by atoms with van der Waals surface area (Å²) in [5, 5.41) is 3.45. The molecule has 0 N–H and O–H groups in total. The summed E-state index contributed by atoms with van der Waals surface area (Å²) in [7, 11) is 0. The fourth-order valence-electron chi connectivity index (χ4n) is 1.44. The molecule has 0 aliphatic heterocycles. The number of hydrogen-bond donors (Lipinski definition) is 0. The van der Waals surface area contributed by atoms with E-state index in [-0.39, 0.29) is 10.3 Å². The first-order valence-electron chi connectivity index (χ1n) is 4.95. The fourth-order valence-corrected chi connectivity index (χ4v) is 1.92. The smallest absolute Gasteiger partial charge is 0.236 e. The van der Waals surface area contributed by atoms with Gasteiger partial charge in [-0.05, 0) is 28.1 Å². The third-order valence-electron chi connectivity index (χ3n) is 2.29. The molecule has 0 aliphatic rings. The van der Waals surface area contributed by atoms with Crippen molar-refractivity contribution in [3.8, 4) is 5.82 Å². The van der Waals surface area contributed by atoms with Crippen LogP contribution >= 0.6 is 15.9 Å². The van der Waals surface area contributed by atoms with Gasteiger partial charge in [0.2, 0.25) is 0 Å². The van der Waals surface area contributed by atoms with Gasteiger partial charge in [-0.25, -0.2) is 9.67 Å². The standard InChI is InChI=1S/C10H4BrF6N3/c11-6-4-19-20(8(6)10(15,16)17)7-2-1-5(3-18-7)9(12,13)14/h1-4H. The second kappa shape index (κ2) is 4.76. The first-order chi connectivity index (χ1) is 9.10. The second-order valence-corrected chi connectivity index (χ2v) is 4.51. The monoisotopic (exact) mass is 359 g/mol. The van der Waals surface area contributed by atoms with E-state index in [1.165, 1.54) is 0 Å². The number of rotatable bonds is 1. The quantitative estimate of drug-likeness (QED) is 0.718. The van der Waals surface area contributed by atoms with Crippen LogP contribution in [0.5, 0.6) is 0 Å². The highest BCUT2D eigenvalue weighted by atomic mass is 79.9. The van der Waals surface area contributed by atoms with Crippen molar-refractivity contribution in [3.63, 3.8) is 0 Å². The Morgan fingerprint density at radius 2 is 1.60 bits per heavy atom. The van der Waals surface area contributed by atoms with Gasteiger partial charge in [0.05, 0.1) is 16.2 Å². The van der Waals surface area contributed by atoms with Crippen molar-refractivity contribution in [2.45, 2.75) is 12.4 Å². The lowest BCUT2D eigenvalue weighted by Gasteiger charge is -2.11. The van der Waals surface area contributed by atoms with Gasteiger partial charge in [-0.3, -0.25) is 0 Å². The van der Waals surface area contributed by atoms with Crippen LogP contribution in [0.1, 0.15) is 11.3 Å². The van der Waals surface area contributed by atoms with Crippen LogP contribution in [0.15, 0.2) is 29.0 Å². The summed E-state index contributed by atoms with van der Waals surface area (Å²) >= 11 is 2.69. The molecule has 3 nitrogen and oxygen atoms in total. The van der Waals surface area contributed by atoms with Crippen LogP contribution in [-0.4, -0.2) is 14.8 Å². The van der Waals surface area contributed by atoms with Crippen molar-refractivity contribution in [2.75, 3.05) is 0 Å². The predicted octanol–water partition coefficient (Wildman–Crippen LogP) is 4.07. The van der Waals surface area contributed by atoms with Crippen LogP contribution in [-0.2, 0) is 12.4 Å². The largest absolute Gasteiger partial charge is 0.434 e. The van der Waals surface area contributed by atoms with E-state index in [0.29, 0.717) is 16.9 Å². The van der Waals surface area contributed by atoms with Gasteiger partial charge in [0, 0.05) is 6.20 Å². The first kappa shape index (κ1) is 14.8. The maximum atomic E-state index is 12.8. The molecular weight excluding hydrogens is 356 g/mol. The van der Waals surface area contributed by atoms with Gasteiger partial charge in [0.15, 0.2) is 11.5 Å². The number of pyridine rings is 1. The van der Waals surface area contributed by atoms with Crippen LogP contribution in [0.4, 0.5) is 26.3 Å². The summed E-state index contributed by atoms with van der Waals surface area (Å²) in [6.07, 6.45) is -7.99. The minimum Gasteiger partial charge on any atom is -0.236 e. The molecule has 0 aliphatic carbocycles. The molecule has 0 aromatic carbocycles. The van der Waals surface area contributed by atoms with Crippen LogP contribution in [0.3, 0.4) is 0 Å². The Hall–Kier alpha value is -1.58. The zero-order valence-corrected chi connectivity index (χ0v) is 10.9. The minimum absolute atomic E-state index is 0.327. The highest BCUT2D eigenvalue weighted by Crippen LogP contribution is 2.36. The third kappa shape index (κ3) is 2.79.